The summed E-state index contributed by atoms with van der Waals surface area (Å²) in [7, 11) is 0. The third kappa shape index (κ3) is 4.07. The van der Waals surface area contributed by atoms with Crippen LogP contribution in [0.4, 0.5) is 8.78 Å². The van der Waals surface area contributed by atoms with Gasteiger partial charge >= 0.3 is 0 Å². The van der Waals surface area contributed by atoms with Crippen molar-refractivity contribution in [2.75, 3.05) is 13.1 Å². The summed E-state index contributed by atoms with van der Waals surface area (Å²) in [6.45, 7) is 4.76. The molecular formula is C16H21ClF2N4. The summed E-state index contributed by atoms with van der Waals surface area (Å²) in [6.07, 6.45) is 2.68. The van der Waals surface area contributed by atoms with Gasteiger partial charge in [-0.1, -0.05) is 6.92 Å². The van der Waals surface area contributed by atoms with Crippen molar-refractivity contribution in [3.63, 3.8) is 0 Å². The molecule has 1 aliphatic heterocycles. The van der Waals surface area contributed by atoms with Gasteiger partial charge in [0.25, 0.3) is 0 Å². The Labute approximate surface area is 140 Å². The van der Waals surface area contributed by atoms with Crippen LogP contribution in [0.15, 0.2) is 30.5 Å². The highest BCUT2D eigenvalue weighted by Gasteiger charge is 2.23. The van der Waals surface area contributed by atoms with E-state index in [1.165, 1.54) is 16.8 Å². The van der Waals surface area contributed by atoms with E-state index < -0.39 is 11.6 Å². The van der Waals surface area contributed by atoms with E-state index in [0.29, 0.717) is 12.5 Å². The van der Waals surface area contributed by atoms with Crippen LogP contribution in [0.25, 0.3) is 5.69 Å². The first-order chi connectivity index (χ1) is 10.5. The highest BCUT2D eigenvalue weighted by molar-refractivity contribution is 5.85. The third-order valence-electron chi connectivity index (χ3n) is 4.24. The molecule has 0 aliphatic carbocycles. The second-order valence-corrected chi connectivity index (χ2v) is 6.01. The lowest BCUT2D eigenvalue weighted by molar-refractivity contribution is 0.156. The molecule has 0 bridgehead atoms. The summed E-state index contributed by atoms with van der Waals surface area (Å²) < 4.78 is 28.2. The molecule has 1 fully saturated rings. The highest BCUT2D eigenvalue weighted by atomic mass is 35.5. The molecule has 2 atom stereocenters. The number of nitrogens with two attached hydrogens (primary N) is 1. The van der Waals surface area contributed by atoms with Crippen molar-refractivity contribution in [1.82, 2.24) is 14.7 Å². The van der Waals surface area contributed by atoms with Crippen LogP contribution in [-0.4, -0.2) is 33.8 Å². The second kappa shape index (κ2) is 7.38. The SMILES string of the molecule is CC1CN(Cc2ccn(-c3ccc(F)cc3F)n2)CCC1N.Cl. The molecule has 1 aromatic carbocycles. The normalized spacial score (nSPS) is 21.9. The molecule has 7 heteroatoms. The van der Waals surface area contributed by atoms with Crippen LogP contribution in [0.3, 0.4) is 0 Å². The summed E-state index contributed by atoms with van der Waals surface area (Å²) >= 11 is 0. The molecular weight excluding hydrogens is 322 g/mol. The van der Waals surface area contributed by atoms with E-state index in [4.69, 9.17) is 5.73 Å². The monoisotopic (exact) mass is 342 g/mol. The lowest BCUT2D eigenvalue weighted by Crippen LogP contribution is -2.45. The van der Waals surface area contributed by atoms with Crippen LogP contribution in [0.2, 0.25) is 0 Å². The quantitative estimate of drug-likeness (QED) is 0.933. The van der Waals surface area contributed by atoms with Gasteiger partial charge in [0.15, 0.2) is 5.82 Å². The summed E-state index contributed by atoms with van der Waals surface area (Å²) in [5.41, 5.74) is 7.14. The minimum absolute atomic E-state index is 0. The summed E-state index contributed by atoms with van der Waals surface area (Å²) in [6, 6.07) is 5.62. The Hall–Kier alpha value is -1.50. The fourth-order valence-corrected chi connectivity index (χ4v) is 2.87. The highest BCUT2D eigenvalue weighted by Crippen LogP contribution is 2.18. The van der Waals surface area contributed by atoms with Gasteiger partial charge in [0.05, 0.1) is 5.69 Å². The molecule has 0 amide bonds. The van der Waals surface area contributed by atoms with Crippen LogP contribution in [0.5, 0.6) is 0 Å². The molecule has 2 N–H and O–H groups in total. The Bertz CT molecular complexity index is 661. The fourth-order valence-electron chi connectivity index (χ4n) is 2.87. The maximum Gasteiger partial charge on any atom is 0.151 e. The summed E-state index contributed by atoms with van der Waals surface area (Å²) in [4.78, 5) is 2.31. The molecule has 3 rings (SSSR count). The summed E-state index contributed by atoms with van der Waals surface area (Å²) in [5, 5.41) is 4.39. The van der Waals surface area contributed by atoms with Gasteiger partial charge in [-0.2, -0.15) is 5.10 Å². The van der Waals surface area contributed by atoms with Crippen LogP contribution in [0.1, 0.15) is 19.0 Å². The molecule has 1 aliphatic rings. The van der Waals surface area contributed by atoms with Crippen LogP contribution < -0.4 is 5.73 Å². The van der Waals surface area contributed by atoms with Crippen molar-refractivity contribution in [2.45, 2.75) is 25.9 Å². The van der Waals surface area contributed by atoms with Crippen molar-refractivity contribution in [1.29, 1.82) is 0 Å². The van der Waals surface area contributed by atoms with Gasteiger partial charge in [-0.25, -0.2) is 13.5 Å². The number of nitrogens with zero attached hydrogens (tertiary/aromatic N) is 3. The Morgan fingerprint density at radius 1 is 1.30 bits per heavy atom. The Morgan fingerprint density at radius 3 is 2.78 bits per heavy atom. The number of halogens is 3. The molecule has 2 unspecified atom stereocenters. The lowest BCUT2D eigenvalue weighted by Gasteiger charge is -2.34. The molecule has 0 saturated carbocycles. The van der Waals surface area contributed by atoms with E-state index in [2.05, 4.69) is 16.9 Å². The van der Waals surface area contributed by atoms with Gasteiger partial charge in [0.1, 0.15) is 11.5 Å². The molecule has 1 aromatic heterocycles. The van der Waals surface area contributed by atoms with Gasteiger partial charge < -0.3 is 5.73 Å². The maximum atomic E-state index is 13.8. The number of aromatic nitrogens is 2. The average Bonchev–Trinajstić information content (AvgIpc) is 2.91. The molecule has 126 valence electrons. The van der Waals surface area contributed by atoms with Gasteiger partial charge in [-0.05, 0) is 30.5 Å². The van der Waals surface area contributed by atoms with Crippen molar-refractivity contribution in [2.24, 2.45) is 11.7 Å². The van der Waals surface area contributed by atoms with Gasteiger partial charge in [0, 0.05) is 37.9 Å². The lowest BCUT2D eigenvalue weighted by atomic mass is 9.95. The molecule has 2 aromatic rings. The zero-order valence-corrected chi connectivity index (χ0v) is 13.8. The number of likely N-dealkylation sites (tertiary alicyclic amines) is 1. The molecule has 23 heavy (non-hydrogen) atoms. The van der Waals surface area contributed by atoms with E-state index in [9.17, 15) is 8.78 Å². The molecule has 0 radical (unpaired) electrons. The van der Waals surface area contributed by atoms with Gasteiger partial charge in [-0.15, -0.1) is 12.4 Å². The Kier molecular flexibility index (Phi) is 5.73. The predicted octanol–water partition coefficient (Wildman–Crippen LogP) is 2.74. The largest absolute Gasteiger partial charge is 0.327 e. The minimum Gasteiger partial charge on any atom is -0.327 e. The zero-order valence-electron chi connectivity index (χ0n) is 13.0. The third-order valence-corrected chi connectivity index (χ3v) is 4.24. The second-order valence-electron chi connectivity index (χ2n) is 6.01. The molecule has 4 nitrogen and oxygen atoms in total. The molecule has 0 spiro atoms. The van der Waals surface area contributed by atoms with Crippen molar-refractivity contribution in [3.8, 4) is 5.69 Å². The first kappa shape index (κ1) is 17.8. The molecule has 2 heterocycles. The zero-order chi connectivity index (χ0) is 15.7. The number of piperidine rings is 1. The topological polar surface area (TPSA) is 47.1 Å². The fraction of sp³-hybridized carbons (Fsp3) is 0.438. The van der Waals surface area contributed by atoms with Crippen LogP contribution >= 0.6 is 12.4 Å². The first-order valence-electron chi connectivity index (χ1n) is 7.51. The number of benzene rings is 1. The number of rotatable bonds is 3. The van der Waals surface area contributed by atoms with Gasteiger partial charge in [0.2, 0.25) is 0 Å². The van der Waals surface area contributed by atoms with E-state index in [-0.39, 0.29) is 24.1 Å². The van der Waals surface area contributed by atoms with Crippen molar-refractivity contribution in [3.05, 3.63) is 47.8 Å². The predicted molar refractivity (Wildman–Crippen MR) is 87.8 cm³/mol. The molecule has 1 saturated heterocycles. The number of hydrogen-bond acceptors (Lipinski definition) is 3. The Balaban J connectivity index is 0.00000192. The minimum atomic E-state index is -0.618. The van der Waals surface area contributed by atoms with Crippen LogP contribution in [0, 0.1) is 17.6 Å². The van der Waals surface area contributed by atoms with E-state index in [1.807, 2.05) is 6.07 Å². The van der Waals surface area contributed by atoms with E-state index in [0.717, 1.165) is 31.3 Å². The first-order valence-corrected chi connectivity index (χ1v) is 7.51. The Morgan fingerprint density at radius 2 is 2.09 bits per heavy atom. The van der Waals surface area contributed by atoms with Gasteiger partial charge in [-0.3, -0.25) is 4.90 Å². The van der Waals surface area contributed by atoms with Crippen molar-refractivity contribution < 1.29 is 8.78 Å². The maximum absolute atomic E-state index is 13.8. The van der Waals surface area contributed by atoms with Crippen LogP contribution in [-0.2, 0) is 6.54 Å². The number of hydrogen-bond donors (Lipinski definition) is 1. The average molecular weight is 343 g/mol. The van der Waals surface area contributed by atoms with Crippen molar-refractivity contribution >= 4 is 12.4 Å². The summed E-state index contributed by atoms with van der Waals surface area (Å²) in [5.74, 6) is -0.745. The smallest absolute Gasteiger partial charge is 0.151 e. The van der Waals surface area contributed by atoms with E-state index in [1.54, 1.807) is 6.20 Å². The van der Waals surface area contributed by atoms with E-state index >= 15 is 0 Å². The standard InChI is InChI=1S/C16H20F2N4.ClH/c1-11-9-21(6-5-15(11)19)10-13-4-7-22(20-13)16-3-2-12(17)8-14(16)18;/h2-4,7-8,11,15H,5-6,9-10,19H2,1H3;1H.